The van der Waals surface area contributed by atoms with Gasteiger partial charge in [0.1, 0.15) is 12.3 Å². The fourth-order valence-electron chi connectivity index (χ4n) is 3.55. The number of oxazole rings is 1. The minimum Gasteiger partial charge on any atom is -0.443 e. The van der Waals surface area contributed by atoms with Crippen molar-refractivity contribution in [1.29, 1.82) is 0 Å². The van der Waals surface area contributed by atoms with Crippen molar-refractivity contribution in [3.8, 4) is 0 Å². The van der Waals surface area contributed by atoms with Gasteiger partial charge in [-0.1, -0.05) is 20.8 Å². The monoisotopic (exact) mass is 520 g/mol. The van der Waals surface area contributed by atoms with Crippen molar-refractivity contribution in [3.05, 3.63) is 17.8 Å². The zero-order valence-electron chi connectivity index (χ0n) is 18.3. The Morgan fingerprint density at radius 3 is 2.66 bits per heavy atom. The van der Waals surface area contributed by atoms with Crippen LogP contribution >= 0.6 is 24.0 Å². The molecule has 1 aromatic rings. The standard InChI is InChI=1S/C21H36N4O3.HI/c1-5-22-20(24-14-19-23-13-18(28-19)21(2,3)4)25-10-8-16(9-11-25)27-15-17-7-6-12-26-17;/h13,16-17H,5-12,14-15H2,1-4H3,(H,22,24);1H. The van der Waals surface area contributed by atoms with E-state index in [4.69, 9.17) is 18.9 Å². The lowest BCUT2D eigenvalue weighted by atomic mass is 9.94. The lowest BCUT2D eigenvalue weighted by Crippen LogP contribution is -2.47. The lowest BCUT2D eigenvalue weighted by Gasteiger charge is -2.34. The number of aromatic nitrogens is 1. The Kier molecular flexibility index (Phi) is 9.68. The number of piperidine rings is 1. The van der Waals surface area contributed by atoms with Crippen LogP contribution in [-0.2, 0) is 21.4 Å². The third-order valence-corrected chi connectivity index (χ3v) is 5.28. The Bertz CT molecular complexity index is 630. The Balaban J connectivity index is 0.00000300. The second kappa shape index (κ2) is 11.5. The van der Waals surface area contributed by atoms with Crippen LogP contribution in [0.25, 0.3) is 0 Å². The summed E-state index contributed by atoms with van der Waals surface area (Å²) in [5.74, 6) is 2.48. The van der Waals surface area contributed by atoms with E-state index in [0.29, 0.717) is 24.6 Å². The van der Waals surface area contributed by atoms with Crippen LogP contribution in [0.1, 0.15) is 65.0 Å². The van der Waals surface area contributed by atoms with Crippen LogP contribution < -0.4 is 5.32 Å². The van der Waals surface area contributed by atoms with E-state index >= 15 is 0 Å². The second-order valence-electron chi connectivity index (χ2n) is 8.69. The summed E-state index contributed by atoms with van der Waals surface area (Å²) in [4.78, 5) is 11.4. The SMILES string of the molecule is CCNC(=NCc1ncc(C(C)(C)C)o1)N1CCC(OCC2CCCO2)CC1.I. The first-order chi connectivity index (χ1) is 13.5. The van der Waals surface area contributed by atoms with Crippen LogP contribution in [0.15, 0.2) is 15.6 Å². The molecule has 3 heterocycles. The van der Waals surface area contributed by atoms with Crippen molar-refractivity contribution in [3.63, 3.8) is 0 Å². The van der Waals surface area contributed by atoms with Gasteiger partial charge in [0.15, 0.2) is 5.96 Å². The maximum absolute atomic E-state index is 6.08. The molecule has 1 aromatic heterocycles. The fraction of sp³-hybridized carbons (Fsp3) is 0.810. The molecular formula is C21H37IN4O3. The molecule has 0 aliphatic carbocycles. The third-order valence-electron chi connectivity index (χ3n) is 5.28. The third kappa shape index (κ3) is 7.40. The Morgan fingerprint density at radius 2 is 2.07 bits per heavy atom. The number of rotatable bonds is 6. The molecule has 166 valence electrons. The molecule has 2 fully saturated rings. The topological polar surface area (TPSA) is 72.1 Å². The Labute approximate surface area is 192 Å². The Morgan fingerprint density at radius 1 is 1.31 bits per heavy atom. The van der Waals surface area contributed by atoms with Crippen molar-refractivity contribution in [2.24, 2.45) is 4.99 Å². The summed E-state index contributed by atoms with van der Waals surface area (Å²) in [6, 6.07) is 0. The van der Waals surface area contributed by atoms with Gasteiger partial charge in [-0.25, -0.2) is 9.98 Å². The normalized spacial score (nSPS) is 21.3. The molecule has 0 aromatic carbocycles. The fourth-order valence-corrected chi connectivity index (χ4v) is 3.55. The first-order valence-corrected chi connectivity index (χ1v) is 10.7. The number of guanidine groups is 1. The molecule has 1 atom stereocenters. The molecule has 0 radical (unpaired) electrons. The zero-order chi connectivity index (χ0) is 20.0. The first-order valence-electron chi connectivity index (χ1n) is 10.7. The summed E-state index contributed by atoms with van der Waals surface area (Å²) in [6.45, 7) is 13.3. The van der Waals surface area contributed by atoms with E-state index in [2.05, 4.69) is 42.9 Å². The first kappa shape index (κ1) is 24.4. The highest BCUT2D eigenvalue weighted by molar-refractivity contribution is 14.0. The summed E-state index contributed by atoms with van der Waals surface area (Å²) in [5.41, 5.74) is -0.0368. The number of nitrogens with zero attached hydrogens (tertiary/aromatic N) is 3. The predicted molar refractivity (Wildman–Crippen MR) is 125 cm³/mol. The number of halogens is 1. The van der Waals surface area contributed by atoms with Gasteiger partial charge in [-0.15, -0.1) is 24.0 Å². The largest absolute Gasteiger partial charge is 0.443 e. The van der Waals surface area contributed by atoms with Crippen molar-refractivity contribution in [1.82, 2.24) is 15.2 Å². The molecule has 1 N–H and O–H groups in total. The van der Waals surface area contributed by atoms with Gasteiger partial charge in [0.25, 0.3) is 0 Å². The highest BCUT2D eigenvalue weighted by Crippen LogP contribution is 2.23. The number of ether oxygens (including phenoxy) is 2. The summed E-state index contributed by atoms with van der Waals surface area (Å²) >= 11 is 0. The number of likely N-dealkylation sites (tertiary alicyclic amines) is 1. The van der Waals surface area contributed by atoms with E-state index in [9.17, 15) is 0 Å². The van der Waals surface area contributed by atoms with Gasteiger partial charge in [-0.2, -0.15) is 0 Å². The lowest BCUT2D eigenvalue weighted by molar-refractivity contribution is -0.0367. The van der Waals surface area contributed by atoms with Crippen LogP contribution in [-0.4, -0.2) is 60.9 Å². The van der Waals surface area contributed by atoms with Crippen molar-refractivity contribution < 1.29 is 13.9 Å². The molecule has 29 heavy (non-hydrogen) atoms. The highest BCUT2D eigenvalue weighted by atomic mass is 127. The molecule has 0 bridgehead atoms. The summed E-state index contributed by atoms with van der Waals surface area (Å²) < 4.78 is 17.6. The van der Waals surface area contributed by atoms with Crippen LogP contribution in [0, 0.1) is 0 Å². The van der Waals surface area contributed by atoms with Gasteiger partial charge < -0.3 is 24.1 Å². The van der Waals surface area contributed by atoms with Crippen LogP contribution in [0.3, 0.4) is 0 Å². The van der Waals surface area contributed by atoms with Crippen molar-refractivity contribution in [2.45, 2.75) is 77.5 Å². The molecule has 2 saturated heterocycles. The van der Waals surface area contributed by atoms with E-state index in [1.54, 1.807) is 0 Å². The average Bonchev–Trinajstić information content (AvgIpc) is 3.35. The number of aliphatic imine (C=N–C) groups is 1. The van der Waals surface area contributed by atoms with Crippen LogP contribution in [0.4, 0.5) is 0 Å². The van der Waals surface area contributed by atoms with Gasteiger partial charge in [-0.05, 0) is 32.6 Å². The molecule has 3 rings (SSSR count). The molecule has 8 heteroatoms. The molecule has 7 nitrogen and oxygen atoms in total. The van der Waals surface area contributed by atoms with Gasteiger partial charge in [-0.3, -0.25) is 0 Å². The van der Waals surface area contributed by atoms with E-state index < -0.39 is 0 Å². The number of hydrogen-bond donors (Lipinski definition) is 1. The number of nitrogens with one attached hydrogen (secondary N) is 1. The molecule has 0 saturated carbocycles. The molecule has 0 spiro atoms. The minimum absolute atomic E-state index is 0. The highest BCUT2D eigenvalue weighted by Gasteiger charge is 2.24. The Hall–Kier alpha value is -0.870. The quantitative estimate of drug-likeness (QED) is 0.350. The van der Waals surface area contributed by atoms with Gasteiger partial charge in [0, 0.05) is 31.7 Å². The van der Waals surface area contributed by atoms with Crippen molar-refractivity contribution in [2.75, 3.05) is 32.8 Å². The summed E-state index contributed by atoms with van der Waals surface area (Å²) in [6.07, 6.45) is 6.77. The van der Waals surface area contributed by atoms with Gasteiger partial charge >= 0.3 is 0 Å². The van der Waals surface area contributed by atoms with E-state index in [1.165, 1.54) is 0 Å². The summed E-state index contributed by atoms with van der Waals surface area (Å²) in [7, 11) is 0. The maximum atomic E-state index is 6.08. The predicted octanol–water partition coefficient (Wildman–Crippen LogP) is 3.72. The molecule has 0 amide bonds. The van der Waals surface area contributed by atoms with E-state index in [0.717, 1.165) is 70.3 Å². The van der Waals surface area contributed by atoms with Gasteiger partial charge in [0.05, 0.1) is 25.0 Å². The molecular weight excluding hydrogens is 483 g/mol. The van der Waals surface area contributed by atoms with E-state index in [-0.39, 0.29) is 29.4 Å². The van der Waals surface area contributed by atoms with Crippen molar-refractivity contribution >= 4 is 29.9 Å². The van der Waals surface area contributed by atoms with Crippen LogP contribution in [0.5, 0.6) is 0 Å². The molecule has 2 aliphatic heterocycles. The molecule has 2 aliphatic rings. The smallest absolute Gasteiger partial charge is 0.216 e. The minimum atomic E-state index is -0.0368. The van der Waals surface area contributed by atoms with E-state index in [1.807, 2.05) is 6.20 Å². The second-order valence-corrected chi connectivity index (χ2v) is 8.69. The molecule has 1 unspecified atom stereocenters. The van der Waals surface area contributed by atoms with Crippen LogP contribution in [0.2, 0.25) is 0 Å². The summed E-state index contributed by atoms with van der Waals surface area (Å²) in [5, 5.41) is 3.40. The average molecular weight is 520 g/mol. The number of hydrogen-bond acceptors (Lipinski definition) is 5. The van der Waals surface area contributed by atoms with Gasteiger partial charge in [0.2, 0.25) is 5.89 Å². The zero-order valence-corrected chi connectivity index (χ0v) is 20.6. The maximum Gasteiger partial charge on any atom is 0.216 e.